The molecule has 4 heteroatoms. The van der Waals surface area contributed by atoms with Crippen LogP contribution >= 0.6 is 0 Å². The normalized spacial score (nSPS) is 29.7. The summed E-state index contributed by atoms with van der Waals surface area (Å²) in [6.45, 7) is 9.62. The van der Waals surface area contributed by atoms with Crippen molar-refractivity contribution in [2.45, 2.75) is 39.2 Å². The highest BCUT2D eigenvalue weighted by molar-refractivity contribution is 5.68. The lowest BCUT2D eigenvalue weighted by molar-refractivity contribution is 0.0234. The molecule has 2 aliphatic heterocycles. The third-order valence-electron chi connectivity index (χ3n) is 3.59. The van der Waals surface area contributed by atoms with Gasteiger partial charge in [0.15, 0.2) is 0 Å². The molecule has 1 amide bonds. The molecule has 2 fully saturated rings. The molecule has 0 aromatic heterocycles. The maximum absolute atomic E-state index is 12.0. The molecule has 98 valence electrons. The van der Waals surface area contributed by atoms with E-state index in [0.29, 0.717) is 5.92 Å². The van der Waals surface area contributed by atoms with Crippen molar-refractivity contribution in [1.29, 1.82) is 0 Å². The molecule has 1 N–H and O–H groups in total. The number of hydrogen-bond donors (Lipinski definition) is 1. The van der Waals surface area contributed by atoms with Gasteiger partial charge in [0.2, 0.25) is 0 Å². The number of nitrogens with zero attached hydrogens (tertiary/aromatic N) is 1. The fourth-order valence-electron chi connectivity index (χ4n) is 2.75. The average Bonchev–Trinajstić information content (AvgIpc) is 2.53. The van der Waals surface area contributed by atoms with E-state index >= 15 is 0 Å². The number of ether oxygens (including phenoxy) is 1. The number of rotatable bonds is 0. The van der Waals surface area contributed by atoms with Gasteiger partial charge in [-0.2, -0.15) is 0 Å². The van der Waals surface area contributed by atoms with E-state index in [1.807, 2.05) is 25.7 Å². The SMILES string of the molecule is CC(C)(C)OC(=O)N1CCC[C@@H]2CNC[C@@H]2C1. The Morgan fingerprint density at radius 2 is 2.00 bits per heavy atom. The zero-order chi connectivity index (χ0) is 12.5. The van der Waals surface area contributed by atoms with Crippen molar-refractivity contribution in [3.63, 3.8) is 0 Å². The first-order valence-corrected chi connectivity index (χ1v) is 6.64. The van der Waals surface area contributed by atoms with Crippen molar-refractivity contribution in [3.05, 3.63) is 0 Å². The molecular weight excluding hydrogens is 216 g/mol. The number of carbonyl (C=O) groups excluding carboxylic acids is 1. The second-order valence-electron chi connectivity index (χ2n) is 6.25. The number of nitrogens with one attached hydrogen (secondary N) is 1. The van der Waals surface area contributed by atoms with Crippen LogP contribution in [0, 0.1) is 11.8 Å². The minimum Gasteiger partial charge on any atom is -0.444 e. The summed E-state index contributed by atoms with van der Waals surface area (Å²) >= 11 is 0. The maximum Gasteiger partial charge on any atom is 0.410 e. The summed E-state index contributed by atoms with van der Waals surface area (Å²) < 4.78 is 5.45. The van der Waals surface area contributed by atoms with Crippen LogP contribution < -0.4 is 5.32 Å². The molecule has 17 heavy (non-hydrogen) atoms. The largest absolute Gasteiger partial charge is 0.444 e. The van der Waals surface area contributed by atoms with Crippen LogP contribution in [0.5, 0.6) is 0 Å². The summed E-state index contributed by atoms with van der Waals surface area (Å²) in [5.41, 5.74) is -0.392. The molecule has 0 unspecified atom stereocenters. The summed E-state index contributed by atoms with van der Waals surface area (Å²) in [5, 5.41) is 3.42. The third kappa shape index (κ3) is 3.35. The van der Waals surface area contributed by atoms with Crippen LogP contribution in [0.1, 0.15) is 33.6 Å². The molecule has 0 aliphatic carbocycles. The monoisotopic (exact) mass is 240 g/mol. The van der Waals surface area contributed by atoms with Gasteiger partial charge in [0.05, 0.1) is 0 Å². The third-order valence-corrected chi connectivity index (χ3v) is 3.59. The van der Waals surface area contributed by atoms with Gasteiger partial charge in [0, 0.05) is 13.1 Å². The Kier molecular flexibility index (Phi) is 3.61. The van der Waals surface area contributed by atoms with E-state index in [1.54, 1.807) is 0 Å². The lowest BCUT2D eigenvalue weighted by atomic mass is 9.93. The minimum atomic E-state index is -0.392. The smallest absolute Gasteiger partial charge is 0.410 e. The van der Waals surface area contributed by atoms with E-state index in [-0.39, 0.29) is 6.09 Å². The second kappa shape index (κ2) is 4.84. The molecule has 0 spiro atoms. The first-order chi connectivity index (χ1) is 7.96. The zero-order valence-corrected chi connectivity index (χ0v) is 11.2. The average molecular weight is 240 g/mol. The minimum absolute atomic E-state index is 0.148. The predicted molar refractivity (Wildman–Crippen MR) is 66.9 cm³/mol. The van der Waals surface area contributed by atoms with Gasteiger partial charge >= 0.3 is 6.09 Å². The Morgan fingerprint density at radius 1 is 1.29 bits per heavy atom. The summed E-state index contributed by atoms with van der Waals surface area (Å²) in [6, 6.07) is 0. The summed E-state index contributed by atoms with van der Waals surface area (Å²) in [7, 11) is 0. The van der Waals surface area contributed by atoms with Crippen molar-refractivity contribution in [2.75, 3.05) is 26.2 Å². The molecule has 0 aromatic rings. The molecule has 2 aliphatic rings. The number of likely N-dealkylation sites (tertiary alicyclic amines) is 1. The van der Waals surface area contributed by atoms with Gasteiger partial charge < -0.3 is 15.0 Å². The standard InChI is InChI=1S/C13H24N2O2/c1-13(2,3)17-12(16)15-6-4-5-10-7-14-8-11(10)9-15/h10-11,14H,4-9H2,1-3H3/t10-,11-/m1/s1. The predicted octanol–water partition coefficient (Wildman–Crippen LogP) is 1.85. The van der Waals surface area contributed by atoms with E-state index < -0.39 is 5.60 Å². The van der Waals surface area contributed by atoms with Crippen molar-refractivity contribution < 1.29 is 9.53 Å². The first-order valence-electron chi connectivity index (χ1n) is 6.64. The van der Waals surface area contributed by atoms with Crippen LogP contribution in [-0.4, -0.2) is 42.8 Å². The van der Waals surface area contributed by atoms with Gasteiger partial charge in [-0.1, -0.05) is 0 Å². The van der Waals surface area contributed by atoms with Crippen molar-refractivity contribution in [3.8, 4) is 0 Å². The van der Waals surface area contributed by atoms with Crippen LogP contribution in [0.15, 0.2) is 0 Å². The summed E-state index contributed by atoms with van der Waals surface area (Å²) in [5.74, 6) is 1.37. The van der Waals surface area contributed by atoms with Gasteiger partial charge in [-0.25, -0.2) is 4.79 Å². The van der Waals surface area contributed by atoms with Crippen LogP contribution in [0.3, 0.4) is 0 Å². The van der Waals surface area contributed by atoms with Gasteiger partial charge in [0.1, 0.15) is 5.60 Å². The second-order valence-corrected chi connectivity index (χ2v) is 6.25. The maximum atomic E-state index is 12.0. The molecule has 2 heterocycles. The van der Waals surface area contributed by atoms with E-state index in [4.69, 9.17) is 4.74 Å². The number of carbonyl (C=O) groups is 1. The molecule has 0 radical (unpaired) electrons. The Labute approximate surface area is 104 Å². The van der Waals surface area contributed by atoms with Crippen LogP contribution in [0.2, 0.25) is 0 Å². The van der Waals surface area contributed by atoms with Crippen molar-refractivity contribution >= 4 is 6.09 Å². The Balaban J connectivity index is 1.94. The lowest BCUT2D eigenvalue weighted by Gasteiger charge is -2.28. The molecule has 4 nitrogen and oxygen atoms in total. The van der Waals surface area contributed by atoms with Gasteiger partial charge in [0.25, 0.3) is 0 Å². The molecule has 2 saturated heterocycles. The van der Waals surface area contributed by atoms with Gasteiger partial charge in [-0.15, -0.1) is 0 Å². The Morgan fingerprint density at radius 3 is 2.71 bits per heavy atom. The van der Waals surface area contributed by atoms with E-state index in [9.17, 15) is 4.79 Å². The van der Waals surface area contributed by atoms with E-state index in [1.165, 1.54) is 6.42 Å². The fourth-order valence-corrected chi connectivity index (χ4v) is 2.75. The first kappa shape index (κ1) is 12.7. The lowest BCUT2D eigenvalue weighted by Crippen LogP contribution is -2.40. The molecule has 2 atom stereocenters. The van der Waals surface area contributed by atoms with E-state index in [0.717, 1.165) is 38.5 Å². The molecule has 0 aromatic carbocycles. The van der Waals surface area contributed by atoms with Gasteiger partial charge in [-0.3, -0.25) is 0 Å². The highest BCUT2D eigenvalue weighted by Crippen LogP contribution is 2.27. The highest BCUT2D eigenvalue weighted by atomic mass is 16.6. The summed E-state index contributed by atoms with van der Waals surface area (Å²) in [4.78, 5) is 13.9. The molecule has 2 rings (SSSR count). The molecule has 0 saturated carbocycles. The molecular formula is C13H24N2O2. The van der Waals surface area contributed by atoms with Gasteiger partial charge in [-0.05, 0) is 58.5 Å². The van der Waals surface area contributed by atoms with Crippen LogP contribution in [0.25, 0.3) is 0 Å². The highest BCUT2D eigenvalue weighted by Gasteiger charge is 2.33. The zero-order valence-electron chi connectivity index (χ0n) is 11.2. The van der Waals surface area contributed by atoms with E-state index in [2.05, 4.69) is 5.32 Å². The topological polar surface area (TPSA) is 41.6 Å². The summed E-state index contributed by atoms with van der Waals surface area (Å²) in [6.07, 6.45) is 2.18. The quantitative estimate of drug-likeness (QED) is 0.702. The molecule has 0 bridgehead atoms. The Hall–Kier alpha value is -0.770. The Bertz CT molecular complexity index is 286. The van der Waals surface area contributed by atoms with Crippen LogP contribution in [-0.2, 0) is 4.74 Å². The van der Waals surface area contributed by atoms with Crippen molar-refractivity contribution in [1.82, 2.24) is 10.2 Å². The number of fused-ring (bicyclic) bond motifs is 1. The fraction of sp³-hybridized carbons (Fsp3) is 0.923. The van der Waals surface area contributed by atoms with Crippen molar-refractivity contribution in [2.24, 2.45) is 11.8 Å². The van der Waals surface area contributed by atoms with Crippen LogP contribution in [0.4, 0.5) is 4.79 Å². The number of hydrogen-bond acceptors (Lipinski definition) is 3. The number of amides is 1.